The summed E-state index contributed by atoms with van der Waals surface area (Å²) in [7, 11) is 0. The summed E-state index contributed by atoms with van der Waals surface area (Å²) >= 11 is 0. The molecule has 17 heavy (non-hydrogen) atoms. The highest BCUT2D eigenvalue weighted by Gasteiger charge is 2.23. The van der Waals surface area contributed by atoms with Gasteiger partial charge in [-0.1, -0.05) is 6.92 Å². The molecular formula is C13H18N4. The molecule has 2 heterocycles. The van der Waals surface area contributed by atoms with E-state index < -0.39 is 0 Å². The molecule has 1 aliphatic rings. The number of rotatable bonds is 3. The number of aromatic nitrogens is 2. The Morgan fingerprint density at radius 1 is 1.41 bits per heavy atom. The number of anilines is 1. The molecule has 0 saturated carbocycles. The standard InChI is InChI=1S/C13H18N4/c1-2-11-9-15-13(16-10-11)17-8-4-3-5-12(17)6-7-14/h9-10,12H,2-6,8H2,1H3. The van der Waals surface area contributed by atoms with Crippen molar-refractivity contribution in [2.75, 3.05) is 11.4 Å². The highest BCUT2D eigenvalue weighted by molar-refractivity contribution is 5.33. The molecule has 1 fully saturated rings. The van der Waals surface area contributed by atoms with Crippen LogP contribution in [0.2, 0.25) is 0 Å². The van der Waals surface area contributed by atoms with Gasteiger partial charge >= 0.3 is 0 Å². The molecule has 0 amide bonds. The molecule has 1 atom stereocenters. The molecule has 0 spiro atoms. The Morgan fingerprint density at radius 2 is 2.18 bits per heavy atom. The van der Waals surface area contributed by atoms with E-state index in [0.717, 1.165) is 30.9 Å². The Morgan fingerprint density at radius 3 is 2.82 bits per heavy atom. The second kappa shape index (κ2) is 5.62. The molecule has 0 bridgehead atoms. The Bertz CT molecular complexity index is 393. The van der Waals surface area contributed by atoms with Gasteiger partial charge in [-0.15, -0.1) is 0 Å². The fourth-order valence-electron chi connectivity index (χ4n) is 2.26. The molecule has 1 aliphatic heterocycles. The molecule has 2 rings (SSSR count). The van der Waals surface area contributed by atoms with Crippen molar-refractivity contribution in [3.8, 4) is 6.07 Å². The van der Waals surface area contributed by atoms with Crippen LogP contribution in [0.5, 0.6) is 0 Å². The minimum absolute atomic E-state index is 0.293. The molecule has 1 aromatic heterocycles. The van der Waals surface area contributed by atoms with E-state index in [1.165, 1.54) is 12.8 Å². The average Bonchev–Trinajstić information content (AvgIpc) is 2.40. The van der Waals surface area contributed by atoms with Crippen molar-refractivity contribution in [3.63, 3.8) is 0 Å². The summed E-state index contributed by atoms with van der Waals surface area (Å²) in [6.07, 6.45) is 8.75. The number of hydrogen-bond acceptors (Lipinski definition) is 4. The van der Waals surface area contributed by atoms with Gasteiger partial charge in [0.2, 0.25) is 5.95 Å². The van der Waals surface area contributed by atoms with Crippen LogP contribution in [0, 0.1) is 11.3 Å². The lowest BCUT2D eigenvalue weighted by atomic mass is 10.0. The van der Waals surface area contributed by atoms with Crippen LogP contribution in [-0.2, 0) is 6.42 Å². The predicted molar refractivity (Wildman–Crippen MR) is 66.6 cm³/mol. The average molecular weight is 230 g/mol. The van der Waals surface area contributed by atoms with Gasteiger partial charge in [0.05, 0.1) is 12.5 Å². The summed E-state index contributed by atoms with van der Waals surface area (Å²) in [6.45, 7) is 3.07. The lowest BCUT2D eigenvalue weighted by Gasteiger charge is -2.34. The van der Waals surface area contributed by atoms with E-state index in [4.69, 9.17) is 5.26 Å². The van der Waals surface area contributed by atoms with Gasteiger partial charge in [-0.3, -0.25) is 0 Å². The number of piperidine rings is 1. The van der Waals surface area contributed by atoms with Gasteiger partial charge in [-0.2, -0.15) is 5.26 Å². The third-order valence-corrected chi connectivity index (χ3v) is 3.31. The second-order valence-electron chi connectivity index (χ2n) is 4.45. The molecule has 1 saturated heterocycles. The summed E-state index contributed by atoms with van der Waals surface area (Å²) in [5, 5.41) is 8.85. The normalized spacial score (nSPS) is 20.0. The first-order valence-corrected chi connectivity index (χ1v) is 6.29. The van der Waals surface area contributed by atoms with E-state index in [9.17, 15) is 0 Å². The topological polar surface area (TPSA) is 52.8 Å². The lowest BCUT2D eigenvalue weighted by molar-refractivity contribution is 0.457. The first-order valence-electron chi connectivity index (χ1n) is 6.29. The summed E-state index contributed by atoms with van der Waals surface area (Å²) < 4.78 is 0. The fraction of sp³-hybridized carbons (Fsp3) is 0.615. The van der Waals surface area contributed by atoms with Crippen molar-refractivity contribution in [1.82, 2.24) is 9.97 Å². The molecule has 4 heteroatoms. The van der Waals surface area contributed by atoms with Crippen LogP contribution >= 0.6 is 0 Å². The summed E-state index contributed by atoms with van der Waals surface area (Å²) in [5.41, 5.74) is 1.16. The quantitative estimate of drug-likeness (QED) is 0.799. The number of hydrogen-bond donors (Lipinski definition) is 0. The number of nitriles is 1. The van der Waals surface area contributed by atoms with Crippen LogP contribution in [0.15, 0.2) is 12.4 Å². The summed E-state index contributed by atoms with van der Waals surface area (Å²) in [5.74, 6) is 0.780. The molecule has 1 aromatic rings. The van der Waals surface area contributed by atoms with Gasteiger partial charge in [0.1, 0.15) is 0 Å². The summed E-state index contributed by atoms with van der Waals surface area (Å²) in [4.78, 5) is 11.0. The molecule has 0 N–H and O–H groups in total. The van der Waals surface area contributed by atoms with Gasteiger partial charge in [-0.05, 0) is 31.2 Å². The highest BCUT2D eigenvalue weighted by Crippen LogP contribution is 2.23. The number of aryl methyl sites for hydroxylation is 1. The third kappa shape index (κ3) is 2.73. The smallest absolute Gasteiger partial charge is 0.225 e. The number of nitrogens with zero attached hydrogens (tertiary/aromatic N) is 4. The van der Waals surface area contributed by atoms with Gasteiger partial charge in [0.25, 0.3) is 0 Å². The van der Waals surface area contributed by atoms with Crippen molar-refractivity contribution >= 4 is 5.95 Å². The van der Waals surface area contributed by atoms with E-state index in [1.807, 2.05) is 12.4 Å². The second-order valence-corrected chi connectivity index (χ2v) is 4.45. The molecule has 0 radical (unpaired) electrons. The maximum absolute atomic E-state index is 8.85. The van der Waals surface area contributed by atoms with Crippen molar-refractivity contribution in [2.45, 2.75) is 45.1 Å². The molecule has 4 nitrogen and oxygen atoms in total. The molecule has 0 aliphatic carbocycles. The van der Waals surface area contributed by atoms with Crippen LogP contribution in [0.3, 0.4) is 0 Å². The Balaban J connectivity index is 2.14. The summed E-state index contributed by atoms with van der Waals surface area (Å²) in [6, 6.07) is 2.56. The van der Waals surface area contributed by atoms with Crippen LogP contribution in [-0.4, -0.2) is 22.6 Å². The zero-order valence-corrected chi connectivity index (χ0v) is 10.3. The van der Waals surface area contributed by atoms with Crippen molar-refractivity contribution in [2.24, 2.45) is 0 Å². The molecule has 0 aromatic carbocycles. The third-order valence-electron chi connectivity index (χ3n) is 3.31. The maximum atomic E-state index is 8.85. The van der Waals surface area contributed by atoms with Gasteiger partial charge in [-0.25, -0.2) is 9.97 Å². The van der Waals surface area contributed by atoms with Crippen LogP contribution in [0.4, 0.5) is 5.95 Å². The van der Waals surface area contributed by atoms with Crippen LogP contribution in [0.1, 0.15) is 38.2 Å². The zero-order valence-electron chi connectivity index (χ0n) is 10.3. The first kappa shape index (κ1) is 11.8. The molecule has 90 valence electrons. The molecule has 1 unspecified atom stereocenters. The van der Waals surface area contributed by atoms with E-state index in [2.05, 4.69) is 27.9 Å². The van der Waals surface area contributed by atoms with Crippen molar-refractivity contribution < 1.29 is 0 Å². The Kier molecular flexibility index (Phi) is 3.92. The van der Waals surface area contributed by atoms with Crippen molar-refractivity contribution in [1.29, 1.82) is 5.26 Å². The Hall–Kier alpha value is -1.63. The lowest BCUT2D eigenvalue weighted by Crippen LogP contribution is -2.40. The highest BCUT2D eigenvalue weighted by atomic mass is 15.3. The van der Waals surface area contributed by atoms with E-state index >= 15 is 0 Å². The van der Waals surface area contributed by atoms with Gasteiger partial charge < -0.3 is 4.90 Å². The largest absolute Gasteiger partial charge is 0.337 e. The fourth-order valence-corrected chi connectivity index (χ4v) is 2.26. The van der Waals surface area contributed by atoms with Crippen molar-refractivity contribution in [3.05, 3.63) is 18.0 Å². The Labute approximate surface area is 102 Å². The minimum Gasteiger partial charge on any atom is -0.337 e. The minimum atomic E-state index is 0.293. The SMILES string of the molecule is CCc1cnc(N2CCCCC2CC#N)nc1. The predicted octanol–water partition coefficient (Wildman–Crippen LogP) is 2.31. The first-order chi connectivity index (χ1) is 8.35. The van der Waals surface area contributed by atoms with Crippen LogP contribution in [0.25, 0.3) is 0 Å². The molecular weight excluding hydrogens is 212 g/mol. The van der Waals surface area contributed by atoms with E-state index in [1.54, 1.807) is 0 Å². The monoisotopic (exact) mass is 230 g/mol. The van der Waals surface area contributed by atoms with E-state index in [0.29, 0.717) is 12.5 Å². The van der Waals surface area contributed by atoms with Crippen LogP contribution < -0.4 is 4.90 Å². The van der Waals surface area contributed by atoms with Gasteiger partial charge in [0.15, 0.2) is 0 Å². The van der Waals surface area contributed by atoms with E-state index in [-0.39, 0.29) is 0 Å². The maximum Gasteiger partial charge on any atom is 0.225 e. The van der Waals surface area contributed by atoms with Gasteiger partial charge in [0, 0.05) is 25.0 Å². The zero-order chi connectivity index (χ0) is 12.1.